The molecule has 1 aromatic carbocycles. The molecule has 26 heavy (non-hydrogen) atoms. The minimum Gasteiger partial charge on any atom is -0.372 e. The average Bonchev–Trinajstić information content (AvgIpc) is 2.52. The Morgan fingerprint density at radius 1 is 1.15 bits per heavy atom. The molecule has 0 bridgehead atoms. The molecule has 1 heterocycles. The number of amides is 2. The number of rotatable bonds is 3. The van der Waals surface area contributed by atoms with Crippen molar-refractivity contribution in [2.45, 2.75) is 52.9 Å². The summed E-state index contributed by atoms with van der Waals surface area (Å²) in [5, 5.41) is 2.80. The molecule has 2 amide bonds. The zero-order valence-electron chi connectivity index (χ0n) is 16.1. The van der Waals surface area contributed by atoms with Crippen molar-refractivity contribution in [3.8, 4) is 0 Å². The lowest BCUT2D eigenvalue weighted by Crippen LogP contribution is -2.48. The first-order chi connectivity index (χ1) is 11.6. The van der Waals surface area contributed by atoms with Gasteiger partial charge in [-0.25, -0.2) is 0 Å². The van der Waals surface area contributed by atoms with Crippen molar-refractivity contribution in [1.29, 1.82) is 0 Å². The molecule has 0 radical (unpaired) electrons. The van der Waals surface area contributed by atoms with Crippen LogP contribution in [0.5, 0.6) is 0 Å². The van der Waals surface area contributed by atoms with Gasteiger partial charge in [0.2, 0.25) is 5.91 Å². The Labute approximate surface area is 161 Å². The third-order valence-electron chi connectivity index (χ3n) is 4.32. The van der Waals surface area contributed by atoms with Gasteiger partial charge < -0.3 is 20.7 Å². The number of hydrogen-bond donors (Lipinski definition) is 2. The van der Waals surface area contributed by atoms with E-state index in [1.165, 1.54) is 0 Å². The molecular formula is C19H30ClN3O3. The first kappa shape index (κ1) is 22.4. The highest BCUT2D eigenvalue weighted by Gasteiger charge is 2.28. The van der Waals surface area contributed by atoms with E-state index in [2.05, 4.69) is 5.32 Å². The van der Waals surface area contributed by atoms with Crippen LogP contribution >= 0.6 is 12.4 Å². The topological polar surface area (TPSA) is 84.7 Å². The van der Waals surface area contributed by atoms with E-state index < -0.39 is 6.04 Å². The molecule has 0 saturated carbocycles. The highest BCUT2D eigenvalue weighted by Crippen LogP contribution is 2.20. The SMILES string of the molecule is CC1CN(C(=O)c2ccc(NC(=O)[C@@H](N)C(C)(C)C)cc2)CC(C)O1.Cl. The van der Waals surface area contributed by atoms with Gasteiger partial charge in [-0.2, -0.15) is 0 Å². The van der Waals surface area contributed by atoms with Gasteiger partial charge in [-0.05, 0) is 43.5 Å². The summed E-state index contributed by atoms with van der Waals surface area (Å²) in [4.78, 5) is 26.6. The number of nitrogens with one attached hydrogen (secondary N) is 1. The number of morpholine rings is 1. The van der Waals surface area contributed by atoms with E-state index in [0.29, 0.717) is 24.3 Å². The monoisotopic (exact) mass is 383 g/mol. The lowest BCUT2D eigenvalue weighted by atomic mass is 9.87. The molecule has 0 aliphatic carbocycles. The summed E-state index contributed by atoms with van der Waals surface area (Å²) in [5.74, 6) is -0.256. The molecule has 6 nitrogen and oxygen atoms in total. The number of halogens is 1. The van der Waals surface area contributed by atoms with E-state index in [-0.39, 0.29) is 41.8 Å². The molecule has 2 rings (SSSR count). The van der Waals surface area contributed by atoms with Crippen LogP contribution in [0.1, 0.15) is 45.0 Å². The summed E-state index contributed by atoms with van der Waals surface area (Å²) >= 11 is 0. The fraction of sp³-hybridized carbons (Fsp3) is 0.579. The number of carbonyl (C=O) groups excluding carboxylic acids is 2. The summed E-state index contributed by atoms with van der Waals surface area (Å²) < 4.78 is 5.66. The summed E-state index contributed by atoms with van der Waals surface area (Å²) in [6.07, 6.45) is 0.0651. The van der Waals surface area contributed by atoms with Gasteiger partial charge in [-0.3, -0.25) is 9.59 Å². The second-order valence-corrected chi connectivity index (χ2v) is 7.88. The molecule has 3 atom stereocenters. The number of ether oxygens (including phenoxy) is 1. The summed E-state index contributed by atoms with van der Waals surface area (Å²) in [6.45, 7) is 10.9. The first-order valence-corrected chi connectivity index (χ1v) is 8.69. The fourth-order valence-electron chi connectivity index (χ4n) is 2.84. The van der Waals surface area contributed by atoms with Crippen LogP contribution < -0.4 is 11.1 Å². The van der Waals surface area contributed by atoms with Crippen molar-refractivity contribution in [3.63, 3.8) is 0 Å². The summed E-state index contributed by atoms with van der Waals surface area (Å²) in [7, 11) is 0. The van der Waals surface area contributed by atoms with Crippen molar-refractivity contribution < 1.29 is 14.3 Å². The number of carbonyl (C=O) groups is 2. The Morgan fingerprint density at radius 2 is 1.65 bits per heavy atom. The average molecular weight is 384 g/mol. The Kier molecular flexibility index (Phi) is 7.62. The van der Waals surface area contributed by atoms with Crippen LogP contribution in [0.3, 0.4) is 0 Å². The van der Waals surface area contributed by atoms with Crippen LogP contribution in [0.25, 0.3) is 0 Å². The largest absolute Gasteiger partial charge is 0.372 e. The van der Waals surface area contributed by atoms with E-state index in [1.54, 1.807) is 24.3 Å². The maximum atomic E-state index is 12.6. The number of anilines is 1. The summed E-state index contributed by atoms with van der Waals surface area (Å²) in [6, 6.07) is 6.31. The highest BCUT2D eigenvalue weighted by molar-refractivity contribution is 5.97. The summed E-state index contributed by atoms with van der Waals surface area (Å²) in [5.41, 5.74) is 6.87. The van der Waals surface area contributed by atoms with E-state index in [9.17, 15) is 9.59 Å². The molecule has 146 valence electrons. The quantitative estimate of drug-likeness (QED) is 0.840. The smallest absolute Gasteiger partial charge is 0.254 e. The fourth-order valence-corrected chi connectivity index (χ4v) is 2.84. The van der Waals surface area contributed by atoms with E-state index >= 15 is 0 Å². The molecule has 7 heteroatoms. The highest BCUT2D eigenvalue weighted by atomic mass is 35.5. The normalized spacial score (nSPS) is 21.5. The van der Waals surface area contributed by atoms with E-state index in [4.69, 9.17) is 10.5 Å². The van der Waals surface area contributed by atoms with Crippen molar-refractivity contribution in [1.82, 2.24) is 4.90 Å². The molecule has 1 aliphatic heterocycles. The lowest BCUT2D eigenvalue weighted by Gasteiger charge is -2.35. The van der Waals surface area contributed by atoms with E-state index in [0.717, 1.165) is 0 Å². The van der Waals surface area contributed by atoms with Crippen molar-refractivity contribution in [2.24, 2.45) is 11.1 Å². The molecule has 1 aliphatic rings. The number of hydrogen-bond acceptors (Lipinski definition) is 4. The maximum absolute atomic E-state index is 12.6. The third-order valence-corrected chi connectivity index (χ3v) is 4.32. The van der Waals surface area contributed by atoms with Crippen molar-refractivity contribution in [2.75, 3.05) is 18.4 Å². The third kappa shape index (κ3) is 5.69. The Balaban J connectivity index is 0.00000338. The minimum absolute atomic E-state index is 0. The first-order valence-electron chi connectivity index (χ1n) is 8.69. The van der Waals surface area contributed by atoms with Crippen LogP contribution in [-0.2, 0) is 9.53 Å². The van der Waals surface area contributed by atoms with Crippen molar-refractivity contribution in [3.05, 3.63) is 29.8 Å². The van der Waals surface area contributed by atoms with Gasteiger partial charge in [0.15, 0.2) is 0 Å². The van der Waals surface area contributed by atoms with Crippen LogP contribution in [0, 0.1) is 5.41 Å². The zero-order valence-corrected chi connectivity index (χ0v) is 16.9. The number of nitrogens with two attached hydrogens (primary N) is 1. The standard InChI is InChI=1S/C19H29N3O3.ClH/c1-12-10-22(11-13(2)25-12)18(24)14-6-8-15(9-7-14)21-17(23)16(20)19(3,4)5;/h6-9,12-13,16H,10-11,20H2,1-5H3,(H,21,23);1H/t12?,13?,16-;/m1./s1. The zero-order chi connectivity index (χ0) is 18.8. The Morgan fingerprint density at radius 3 is 2.12 bits per heavy atom. The predicted octanol–water partition coefficient (Wildman–Crippen LogP) is 2.67. The van der Waals surface area contributed by atoms with Crippen LogP contribution in [0.15, 0.2) is 24.3 Å². The molecule has 1 saturated heterocycles. The van der Waals surface area contributed by atoms with E-state index in [1.807, 2.05) is 39.5 Å². The molecule has 1 fully saturated rings. The van der Waals surface area contributed by atoms with Crippen LogP contribution in [-0.4, -0.2) is 48.1 Å². The molecule has 0 aromatic heterocycles. The number of benzene rings is 1. The maximum Gasteiger partial charge on any atom is 0.254 e. The van der Waals surface area contributed by atoms with Crippen molar-refractivity contribution >= 4 is 29.9 Å². The lowest BCUT2D eigenvalue weighted by molar-refractivity contribution is -0.119. The van der Waals surface area contributed by atoms with Gasteiger partial charge in [0, 0.05) is 24.3 Å². The predicted molar refractivity (Wildman–Crippen MR) is 106 cm³/mol. The molecule has 3 N–H and O–H groups in total. The molecule has 0 spiro atoms. The van der Waals surface area contributed by atoms with Gasteiger partial charge in [0.05, 0.1) is 18.2 Å². The molecule has 1 aromatic rings. The van der Waals surface area contributed by atoms with Crippen LogP contribution in [0.4, 0.5) is 5.69 Å². The second-order valence-electron chi connectivity index (χ2n) is 7.88. The van der Waals surface area contributed by atoms with Gasteiger partial charge in [0.25, 0.3) is 5.91 Å². The minimum atomic E-state index is -0.606. The van der Waals surface area contributed by atoms with Gasteiger partial charge in [0.1, 0.15) is 0 Å². The second kappa shape index (κ2) is 8.84. The van der Waals surface area contributed by atoms with Gasteiger partial charge >= 0.3 is 0 Å². The Hall–Kier alpha value is -1.63. The van der Waals surface area contributed by atoms with Crippen LogP contribution in [0.2, 0.25) is 0 Å². The van der Waals surface area contributed by atoms with Gasteiger partial charge in [-0.1, -0.05) is 20.8 Å². The molecular weight excluding hydrogens is 354 g/mol. The molecule has 2 unspecified atom stereocenters. The number of nitrogens with zero attached hydrogens (tertiary/aromatic N) is 1. The Bertz CT molecular complexity index is 618. The van der Waals surface area contributed by atoms with Gasteiger partial charge in [-0.15, -0.1) is 12.4 Å².